The Balaban J connectivity index is 1.78. The van der Waals surface area contributed by atoms with E-state index in [1.807, 2.05) is 6.92 Å². The molecule has 0 unspecified atom stereocenters. The molecule has 0 spiro atoms. The minimum Gasteiger partial charge on any atom is -0.497 e. The van der Waals surface area contributed by atoms with E-state index in [1.165, 1.54) is 13.0 Å². The molecular formula is C26H29F2N3O4. The summed E-state index contributed by atoms with van der Waals surface area (Å²) >= 11 is 0. The van der Waals surface area contributed by atoms with Gasteiger partial charge in [0.05, 0.1) is 36.7 Å². The first-order chi connectivity index (χ1) is 16.9. The number of aryl methyl sites for hydroxylation is 1. The largest absolute Gasteiger partial charge is 0.497 e. The Kier molecular flexibility index (Phi) is 7.65. The summed E-state index contributed by atoms with van der Waals surface area (Å²) in [5.74, 6) is -0.858. The Bertz CT molecular complexity index is 1170. The molecule has 0 radical (unpaired) electrons. The van der Waals surface area contributed by atoms with E-state index in [0.29, 0.717) is 42.3 Å². The number of benzene rings is 2. The molecule has 1 aromatic heterocycles. The molecule has 7 nitrogen and oxygen atoms in total. The van der Waals surface area contributed by atoms with Gasteiger partial charge >= 0.3 is 0 Å². The maximum Gasteiger partial charge on any atom is 0.228 e. The third-order valence-electron chi connectivity index (χ3n) is 6.01. The molecule has 4 rings (SSSR count). The number of hydrogen-bond acceptors (Lipinski definition) is 5. The molecule has 9 heteroatoms. The van der Waals surface area contributed by atoms with E-state index in [9.17, 15) is 13.6 Å². The highest BCUT2D eigenvalue weighted by Gasteiger charge is 2.27. The number of carbonyl (C=O) groups is 1. The van der Waals surface area contributed by atoms with Gasteiger partial charge in [-0.05, 0) is 55.7 Å². The van der Waals surface area contributed by atoms with Crippen LogP contribution in [0.4, 0.5) is 8.78 Å². The van der Waals surface area contributed by atoms with E-state index >= 15 is 0 Å². The number of amides is 1. The highest BCUT2D eigenvalue weighted by atomic mass is 19.1. The predicted molar refractivity (Wildman–Crippen MR) is 126 cm³/mol. The number of rotatable bonds is 9. The van der Waals surface area contributed by atoms with Crippen LogP contribution in [-0.4, -0.2) is 47.0 Å². The normalized spacial score (nSPS) is 15.3. The summed E-state index contributed by atoms with van der Waals surface area (Å²) < 4.78 is 46.7. The Morgan fingerprint density at radius 1 is 1.23 bits per heavy atom. The molecule has 0 bridgehead atoms. The molecule has 0 saturated carbocycles. The fourth-order valence-electron chi connectivity index (χ4n) is 4.12. The second-order valence-electron chi connectivity index (χ2n) is 8.41. The molecule has 1 saturated heterocycles. The van der Waals surface area contributed by atoms with Crippen LogP contribution in [-0.2, 0) is 22.5 Å². The quantitative estimate of drug-likeness (QED) is 0.425. The first-order valence-electron chi connectivity index (χ1n) is 11.6. The van der Waals surface area contributed by atoms with Crippen molar-refractivity contribution in [2.24, 2.45) is 0 Å². The predicted octanol–water partition coefficient (Wildman–Crippen LogP) is 5.04. The zero-order chi connectivity index (χ0) is 24.9. The van der Waals surface area contributed by atoms with E-state index in [1.54, 1.807) is 41.0 Å². The van der Waals surface area contributed by atoms with Crippen LogP contribution in [0.2, 0.25) is 0 Å². The van der Waals surface area contributed by atoms with Crippen LogP contribution in [0.15, 0.2) is 42.5 Å². The lowest BCUT2D eigenvalue weighted by Crippen LogP contribution is -2.35. The van der Waals surface area contributed by atoms with Gasteiger partial charge in [-0.1, -0.05) is 6.92 Å². The number of aromatic nitrogens is 2. The Labute approximate surface area is 203 Å². The number of ether oxygens (including phenoxy) is 3. The summed E-state index contributed by atoms with van der Waals surface area (Å²) in [6, 6.07) is 10.3. The molecule has 2 heterocycles. The van der Waals surface area contributed by atoms with Gasteiger partial charge in [-0.15, -0.1) is 0 Å². The third kappa shape index (κ3) is 5.62. The van der Waals surface area contributed by atoms with Crippen molar-refractivity contribution in [3.8, 4) is 23.1 Å². The zero-order valence-corrected chi connectivity index (χ0v) is 20.1. The summed E-state index contributed by atoms with van der Waals surface area (Å²) in [4.78, 5) is 14.2. The molecule has 35 heavy (non-hydrogen) atoms. The van der Waals surface area contributed by atoms with Gasteiger partial charge in [-0.2, -0.15) is 5.10 Å². The first-order valence-corrected chi connectivity index (χ1v) is 11.6. The molecule has 0 N–H and O–H groups in total. The van der Waals surface area contributed by atoms with Gasteiger partial charge < -0.3 is 19.1 Å². The van der Waals surface area contributed by atoms with Gasteiger partial charge in [0, 0.05) is 26.1 Å². The van der Waals surface area contributed by atoms with E-state index in [0.717, 1.165) is 25.0 Å². The monoisotopic (exact) mass is 485 g/mol. The van der Waals surface area contributed by atoms with E-state index in [4.69, 9.17) is 19.3 Å². The van der Waals surface area contributed by atoms with Gasteiger partial charge in [-0.3, -0.25) is 4.79 Å². The molecule has 186 valence electrons. The third-order valence-corrected chi connectivity index (χ3v) is 6.01. The smallest absolute Gasteiger partial charge is 0.228 e. The van der Waals surface area contributed by atoms with Gasteiger partial charge in [0.2, 0.25) is 11.8 Å². The lowest BCUT2D eigenvalue weighted by Gasteiger charge is -2.24. The lowest BCUT2D eigenvalue weighted by molar-refractivity contribution is -0.131. The van der Waals surface area contributed by atoms with Crippen molar-refractivity contribution in [1.82, 2.24) is 14.7 Å². The molecule has 0 aliphatic carbocycles. The van der Waals surface area contributed by atoms with Gasteiger partial charge in [0.25, 0.3) is 0 Å². The van der Waals surface area contributed by atoms with Crippen molar-refractivity contribution >= 4 is 5.91 Å². The van der Waals surface area contributed by atoms with Crippen LogP contribution in [0.1, 0.15) is 37.9 Å². The van der Waals surface area contributed by atoms with E-state index < -0.39 is 11.6 Å². The highest BCUT2D eigenvalue weighted by Crippen LogP contribution is 2.34. The van der Waals surface area contributed by atoms with Crippen molar-refractivity contribution in [3.63, 3.8) is 0 Å². The van der Waals surface area contributed by atoms with Crippen LogP contribution in [0.3, 0.4) is 0 Å². The van der Waals surface area contributed by atoms with E-state index in [2.05, 4.69) is 0 Å². The van der Waals surface area contributed by atoms with Crippen molar-refractivity contribution < 1.29 is 27.8 Å². The van der Waals surface area contributed by atoms with Crippen LogP contribution >= 0.6 is 0 Å². The number of halogens is 2. The zero-order valence-electron chi connectivity index (χ0n) is 20.1. The first kappa shape index (κ1) is 24.7. The number of methoxy groups -OCH3 is 1. The Morgan fingerprint density at radius 2 is 2.00 bits per heavy atom. The van der Waals surface area contributed by atoms with Gasteiger partial charge in [0.1, 0.15) is 11.6 Å². The second kappa shape index (κ2) is 10.9. The average Bonchev–Trinajstić information content (AvgIpc) is 3.48. The highest BCUT2D eigenvalue weighted by molar-refractivity contribution is 5.73. The Hall–Kier alpha value is -3.46. The van der Waals surface area contributed by atoms with Gasteiger partial charge in [-0.25, -0.2) is 13.5 Å². The number of nitrogens with zero attached hydrogens (tertiary/aromatic N) is 3. The average molecular weight is 486 g/mol. The fourth-order valence-corrected chi connectivity index (χ4v) is 4.12. The van der Waals surface area contributed by atoms with Crippen LogP contribution in [0, 0.1) is 11.6 Å². The fraction of sp³-hybridized carbons (Fsp3) is 0.385. The van der Waals surface area contributed by atoms with Crippen molar-refractivity contribution in [2.45, 2.75) is 45.8 Å². The molecule has 3 aromatic rings. The van der Waals surface area contributed by atoms with Crippen molar-refractivity contribution in [2.75, 3.05) is 20.3 Å². The summed E-state index contributed by atoms with van der Waals surface area (Å²) in [6.07, 6.45) is 2.38. The Morgan fingerprint density at radius 3 is 2.60 bits per heavy atom. The summed E-state index contributed by atoms with van der Waals surface area (Å²) in [6.45, 7) is 4.80. The summed E-state index contributed by atoms with van der Waals surface area (Å²) in [7, 11) is 1.58. The van der Waals surface area contributed by atoms with E-state index in [-0.39, 0.29) is 30.2 Å². The molecule has 1 amide bonds. The summed E-state index contributed by atoms with van der Waals surface area (Å²) in [5.41, 5.74) is 2.02. The standard InChI is InChI=1S/C26H29F2N3O4/c1-4-24-22(16-30(17(2)32)15-21-6-5-13-34-21)26(35-25-12-7-18(27)14-23(25)28)31(29-24)19-8-10-20(33-3)11-9-19/h7-12,14,21H,4-6,13,15-16H2,1-3H3/t21-/m1/s1. The summed E-state index contributed by atoms with van der Waals surface area (Å²) in [5, 5.41) is 4.73. The number of carbonyl (C=O) groups excluding carboxylic acids is 1. The topological polar surface area (TPSA) is 65.8 Å². The molecule has 1 fully saturated rings. The number of hydrogen-bond donors (Lipinski definition) is 0. The lowest BCUT2D eigenvalue weighted by atomic mass is 10.1. The van der Waals surface area contributed by atoms with Crippen LogP contribution < -0.4 is 9.47 Å². The van der Waals surface area contributed by atoms with Crippen molar-refractivity contribution in [1.29, 1.82) is 0 Å². The maximum atomic E-state index is 14.6. The minimum atomic E-state index is -0.834. The maximum absolute atomic E-state index is 14.6. The molecular weight excluding hydrogens is 456 g/mol. The second-order valence-corrected chi connectivity index (χ2v) is 8.41. The molecule has 1 aliphatic heterocycles. The van der Waals surface area contributed by atoms with Gasteiger partial charge in [0.15, 0.2) is 11.6 Å². The molecule has 2 aromatic carbocycles. The van der Waals surface area contributed by atoms with Crippen LogP contribution in [0.5, 0.6) is 17.4 Å². The molecule has 1 atom stereocenters. The van der Waals surface area contributed by atoms with Crippen molar-refractivity contribution in [3.05, 3.63) is 65.4 Å². The van der Waals surface area contributed by atoms with Crippen LogP contribution in [0.25, 0.3) is 5.69 Å². The molecule has 1 aliphatic rings. The SMILES string of the molecule is CCc1nn(-c2ccc(OC)cc2)c(Oc2ccc(F)cc2F)c1CN(C[C@H]1CCCO1)C(C)=O. The minimum absolute atomic E-state index is 0.0282.